The molecule has 154 valence electrons. The average molecular weight is 522 g/mol. The first-order valence-electron chi connectivity index (χ1n) is 8.77. The molecule has 0 aliphatic heterocycles. The number of carbonyl (C=O) groups excluding carboxylic acids is 1. The number of aliphatic hydroxyl groups excluding tert-OH is 1. The van der Waals surface area contributed by atoms with Crippen LogP contribution in [0.3, 0.4) is 0 Å². The molecule has 0 radical (unpaired) electrons. The third-order valence-corrected chi connectivity index (χ3v) is 4.82. The van der Waals surface area contributed by atoms with Crippen molar-refractivity contribution in [2.45, 2.75) is 6.92 Å². The van der Waals surface area contributed by atoms with Crippen molar-refractivity contribution >= 4 is 45.6 Å². The normalized spacial score (nSPS) is 11.3. The number of carbonyl (C=O) groups is 1. The van der Waals surface area contributed by atoms with Gasteiger partial charge in [-0.1, -0.05) is 12.1 Å². The van der Waals surface area contributed by atoms with E-state index in [0.717, 1.165) is 12.1 Å². The van der Waals surface area contributed by atoms with E-state index in [1.54, 1.807) is 31.2 Å². The minimum Gasteiger partial charge on any atom is -0.508 e. The predicted octanol–water partition coefficient (Wildman–Crippen LogP) is 6.12. The Kier molecular flexibility index (Phi) is 6.56. The second-order valence-electron chi connectivity index (χ2n) is 6.24. The minimum atomic E-state index is -0.883. The van der Waals surface area contributed by atoms with Crippen molar-refractivity contribution in [3.63, 3.8) is 0 Å². The molecule has 4 N–H and O–H groups in total. The van der Waals surface area contributed by atoms with Gasteiger partial charge in [0.25, 0.3) is 5.91 Å². The summed E-state index contributed by atoms with van der Waals surface area (Å²) in [5, 5.41) is 12.6. The van der Waals surface area contributed by atoms with Gasteiger partial charge in [0.2, 0.25) is 0 Å². The molecule has 0 saturated carbocycles. The number of allylic oxidation sites excluding steroid dienone is 1. The van der Waals surface area contributed by atoms with E-state index in [9.17, 15) is 18.7 Å². The van der Waals surface area contributed by atoms with Crippen molar-refractivity contribution in [2.24, 2.45) is 5.73 Å². The van der Waals surface area contributed by atoms with Gasteiger partial charge in [-0.2, -0.15) is 0 Å². The highest BCUT2D eigenvalue weighted by Gasteiger charge is 2.19. The topological polar surface area (TPSA) is 84.6 Å². The third-order valence-electron chi connectivity index (χ3n) is 4.14. The van der Waals surface area contributed by atoms with Crippen LogP contribution in [-0.2, 0) is 0 Å². The first kappa shape index (κ1) is 21.6. The first-order chi connectivity index (χ1) is 14.3. The number of halogens is 3. The number of nitrogens with two attached hydrogens (primary N) is 1. The summed E-state index contributed by atoms with van der Waals surface area (Å²) in [5.74, 6) is -2.03. The van der Waals surface area contributed by atoms with Crippen molar-refractivity contribution in [1.82, 2.24) is 0 Å². The van der Waals surface area contributed by atoms with Gasteiger partial charge < -0.3 is 20.9 Å². The Bertz CT molecular complexity index is 1150. The molecular formula is C22H17F2IN2O3. The van der Waals surface area contributed by atoms with Gasteiger partial charge in [-0.3, -0.25) is 4.79 Å². The summed E-state index contributed by atoms with van der Waals surface area (Å²) in [6, 6.07) is 12.9. The molecular weight excluding hydrogens is 505 g/mol. The van der Waals surface area contributed by atoms with Gasteiger partial charge >= 0.3 is 0 Å². The lowest BCUT2D eigenvalue weighted by Gasteiger charge is -2.16. The molecule has 0 atom stereocenters. The highest BCUT2D eigenvalue weighted by Crippen LogP contribution is 2.34. The minimum absolute atomic E-state index is 0.0337. The van der Waals surface area contributed by atoms with Crippen LogP contribution < -0.4 is 15.8 Å². The van der Waals surface area contributed by atoms with E-state index in [4.69, 9.17) is 10.5 Å². The van der Waals surface area contributed by atoms with Gasteiger partial charge in [-0.15, -0.1) is 0 Å². The van der Waals surface area contributed by atoms with E-state index in [1.165, 1.54) is 24.3 Å². The van der Waals surface area contributed by atoms with Crippen molar-refractivity contribution < 1.29 is 23.4 Å². The van der Waals surface area contributed by atoms with Gasteiger partial charge in [-0.25, -0.2) is 8.78 Å². The molecule has 3 aromatic rings. The number of benzene rings is 3. The van der Waals surface area contributed by atoms with E-state index in [0.29, 0.717) is 9.13 Å². The molecule has 0 aliphatic rings. The Balaban J connectivity index is 2.04. The second kappa shape index (κ2) is 9.12. The molecule has 0 heterocycles. The highest BCUT2D eigenvalue weighted by molar-refractivity contribution is 14.1. The number of primary amides is 1. The standard InChI is InChI=1S/C22H17F2IN2O3/c1-2-19(28)12-4-3-5-15(8-12)30-20-10-13(23)9-18(21(20)22(26)29)27-17-7-6-14(25)11-16(17)24/h2-11,27-28H,1H3,(H2,26,29)/b19-2+. The third kappa shape index (κ3) is 4.88. The van der Waals surface area contributed by atoms with E-state index in [1.807, 2.05) is 22.6 Å². The molecule has 0 unspecified atom stereocenters. The lowest BCUT2D eigenvalue weighted by atomic mass is 10.1. The van der Waals surface area contributed by atoms with Crippen LogP contribution in [-0.4, -0.2) is 11.0 Å². The Morgan fingerprint density at radius 1 is 1.13 bits per heavy atom. The van der Waals surface area contributed by atoms with Gasteiger partial charge in [0.1, 0.15) is 34.5 Å². The number of anilines is 2. The fraction of sp³-hybridized carbons (Fsp3) is 0.0455. The maximum absolute atomic E-state index is 14.3. The zero-order chi connectivity index (χ0) is 21.8. The Labute approximate surface area is 185 Å². The molecule has 3 aromatic carbocycles. The molecule has 0 aliphatic carbocycles. The number of hydrogen-bond acceptors (Lipinski definition) is 4. The summed E-state index contributed by atoms with van der Waals surface area (Å²) in [4.78, 5) is 12.1. The lowest BCUT2D eigenvalue weighted by molar-refractivity contribution is 0.0999. The maximum Gasteiger partial charge on any atom is 0.254 e. The molecule has 0 aromatic heterocycles. The average Bonchev–Trinajstić information content (AvgIpc) is 2.69. The highest BCUT2D eigenvalue weighted by atomic mass is 127. The van der Waals surface area contributed by atoms with Crippen LogP contribution in [0.1, 0.15) is 22.8 Å². The van der Waals surface area contributed by atoms with Crippen molar-refractivity contribution in [3.05, 3.63) is 87.0 Å². The largest absolute Gasteiger partial charge is 0.508 e. The quantitative estimate of drug-likeness (QED) is 0.269. The molecule has 30 heavy (non-hydrogen) atoms. The lowest BCUT2D eigenvalue weighted by Crippen LogP contribution is -2.15. The van der Waals surface area contributed by atoms with E-state index >= 15 is 0 Å². The summed E-state index contributed by atoms with van der Waals surface area (Å²) in [7, 11) is 0. The molecule has 1 amide bonds. The number of aliphatic hydroxyl groups is 1. The zero-order valence-corrected chi connectivity index (χ0v) is 17.9. The van der Waals surface area contributed by atoms with Gasteiger partial charge in [0.15, 0.2) is 0 Å². The Morgan fingerprint density at radius 3 is 2.57 bits per heavy atom. The van der Waals surface area contributed by atoms with Crippen LogP contribution in [0.2, 0.25) is 0 Å². The molecule has 0 saturated heterocycles. The van der Waals surface area contributed by atoms with Gasteiger partial charge in [-0.05, 0) is 72.0 Å². The van der Waals surface area contributed by atoms with Gasteiger partial charge in [0, 0.05) is 15.2 Å². The van der Waals surface area contributed by atoms with Crippen molar-refractivity contribution in [1.29, 1.82) is 0 Å². The maximum atomic E-state index is 14.3. The zero-order valence-electron chi connectivity index (χ0n) is 15.7. The van der Waals surface area contributed by atoms with Crippen molar-refractivity contribution in [2.75, 3.05) is 5.32 Å². The predicted molar refractivity (Wildman–Crippen MR) is 120 cm³/mol. The van der Waals surface area contributed by atoms with E-state index < -0.39 is 17.5 Å². The summed E-state index contributed by atoms with van der Waals surface area (Å²) >= 11 is 1.96. The number of rotatable bonds is 6. The first-order valence-corrected chi connectivity index (χ1v) is 9.85. The van der Waals surface area contributed by atoms with Crippen LogP contribution in [0.25, 0.3) is 5.76 Å². The van der Waals surface area contributed by atoms with Crippen LogP contribution >= 0.6 is 22.6 Å². The molecule has 3 rings (SSSR count). The SMILES string of the molecule is C/C=C(/O)c1cccc(Oc2cc(F)cc(Nc3ccc(I)cc3F)c2C(N)=O)c1. The number of nitrogens with one attached hydrogen (secondary N) is 1. The van der Waals surface area contributed by atoms with Crippen molar-refractivity contribution in [3.8, 4) is 11.5 Å². The monoisotopic (exact) mass is 522 g/mol. The van der Waals surface area contributed by atoms with Crippen LogP contribution in [0.4, 0.5) is 20.2 Å². The molecule has 0 spiro atoms. The summed E-state index contributed by atoms with van der Waals surface area (Å²) < 4.78 is 34.9. The number of hydrogen-bond donors (Lipinski definition) is 3. The Morgan fingerprint density at radius 2 is 1.90 bits per heavy atom. The van der Waals surface area contributed by atoms with Crippen LogP contribution in [0, 0.1) is 15.2 Å². The molecule has 5 nitrogen and oxygen atoms in total. The summed E-state index contributed by atoms with van der Waals surface area (Å²) in [6.45, 7) is 1.67. The fourth-order valence-electron chi connectivity index (χ4n) is 2.76. The smallest absolute Gasteiger partial charge is 0.254 e. The second-order valence-corrected chi connectivity index (χ2v) is 7.49. The number of amides is 1. The molecule has 0 bridgehead atoms. The van der Waals surface area contributed by atoms with Crippen LogP contribution in [0.15, 0.2) is 60.7 Å². The molecule has 8 heteroatoms. The molecule has 0 fully saturated rings. The summed E-state index contributed by atoms with van der Waals surface area (Å²) in [6.07, 6.45) is 1.51. The fourth-order valence-corrected chi connectivity index (χ4v) is 3.22. The van der Waals surface area contributed by atoms with E-state index in [2.05, 4.69) is 5.32 Å². The summed E-state index contributed by atoms with van der Waals surface area (Å²) in [5.41, 5.74) is 5.86. The number of ether oxygens (including phenoxy) is 1. The Hall–Kier alpha value is -3.14. The van der Waals surface area contributed by atoms with Gasteiger partial charge in [0.05, 0.1) is 11.4 Å². The van der Waals surface area contributed by atoms with Crippen LogP contribution in [0.5, 0.6) is 11.5 Å². The van der Waals surface area contributed by atoms with E-state index in [-0.39, 0.29) is 34.2 Å².